The summed E-state index contributed by atoms with van der Waals surface area (Å²) in [6.45, 7) is 2.00. The van der Waals surface area contributed by atoms with Gasteiger partial charge in [-0.05, 0) is 18.6 Å². The van der Waals surface area contributed by atoms with E-state index in [0.717, 1.165) is 6.42 Å². The summed E-state index contributed by atoms with van der Waals surface area (Å²) in [4.78, 5) is 5.56. The highest BCUT2D eigenvalue weighted by atomic mass is 32.2. The molecule has 1 atom stereocenters. The lowest BCUT2D eigenvalue weighted by atomic mass is 10.1. The van der Waals surface area contributed by atoms with Crippen molar-refractivity contribution in [2.75, 3.05) is 0 Å². The molecular formula is C14H15N3OS. The molecule has 5 heteroatoms. The third kappa shape index (κ3) is 4.11. The SMILES string of the molecule is CC(CCC#N)c1nc(CSc2ccccc2)no1. The Morgan fingerprint density at radius 1 is 1.37 bits per heavy atom. The molecule has 0 bridgehead atoms. The summed E-state index contributed by atoms with van der Waals surface area (Å²) in [5.41, 5.74) is 0. The molecule has 2 rings (SSSR count). The summed E-state index contributed by atoms with van der Waals surface area (Å²) in [6.07, 6.45) is 1.27. The van der Waals surface area contributed by atoms with Gasteiger partial charge in [-0.25, -0.2) is 0 Å². The predicted molar refractivity (Wildman–Crippen MR) is 73.6 cm³/mol. The van der Waals surface area contributed by atoms with E-state index < -0.39 is 0 Å². The summed E-state index contributed by atoms with van der Waals surface area (Å²) in [6, 6.07) is 12.3. The first-order chi connectivity index (χ1) is 9.29. The Morgan fingerprint density at radius 2 is 2.16 bits per heavy atom. The van der Waals surface area contributed by atoms with Crippen LogP contribution in [0.15, 0.2) is 39.8 Å². The van der Waals surface area contributed by atoms with Crippen molar-refractivity contribution < 1.29 is 4.52 Å². The monoisotopic (exact) mass is 273 g/mol. The standard InChI is InChI=1S/C14H15N3OS/c1-11(6-5-9-15)14-16-13(17-18-14)10-19-12-7-3-2-4-8-12/h2-4,7-8,11H,5-6,10H2,1H3. The Morgan fingerprint density at radius 3 is 2.89 bits per heavy atom. The Balaban J connectivity index is 1.89. The third-order valence-corrected chi connectivity index (χ3v) is 3.71. The van der Waals surface area contributed by atoms with Crippen LogP contribution in [-0.4, -0.2) is 10.1 Å². The van der Waals surface area contributed by atoms with Crippen molar-refractivity contribution in [2.45, 2.75) is 36.3 Å². The third-order valence-electron chi connectivity index (χ3n) is 2.71. The molecule has 0 aliphatic heterocycles. The van der Waals surface area contributed by atoms with Gasteiger partial charge in [0.05, 0.1) is 11.8 Å². The first-order valence-corrected chi connectivity index (χ1v) is 7.15. The summed E-state index contributed by atoms with van der Waals surface area (Å²) in [5.74, 6) is 2.16. The molecule has 0 radical (unpaired) electrons. The van der Waals surface area contributed by atoms with E-state index in [-0.39, 0.29) is 5.92 Å². The van der Waals surface area contributed by atoms with E-state index in [9.17, 15) is 0 Å². The van der Waals surface area contributed by atoms with Crippen molar-refractivity contribution in [1.82, 2.24) is 10.1 Å². The van der Waals surface area contributed by atoms with Gasteiger partial charge in [0.2, 0.25) is 5.89 Å². The van der Waals surface area contributed by atoms with Crippen LogP contribution >= 0.6 is 11.8 Å². The van der Waals surface area contributed by atoms with Gasteiger partial charge < -0.3 is 4.52 Å². The molecule has 0 saturated heterocycles. The minimum atomic E-state index is 0.141. The zero-order valence-corrected chi connectivity index (χ0v) is 11.6. The van der Waals surface area contributed by atoms with Gasteiger partial charge >= 0.3 is 0 Å². The molecule has 4 nitrogen and oxygen atoms in total. The maximum absolute atomic E-state index is 8.56. The van der Waals surface area contributed by atoms with Gasteiger partial charge in [0.1, 0.15) is 0 Å². The Labute approximate surface area is 116 Å². The van der Waals surface area contributed by atoms with Crippen LogP contribution in [0.5, 0.6) is 0 Å². The van der Waals surface area contributed by atoms with Crippen molar-refractivity contribution in [1.29, 1.82) is 5.26 Å². The van der Waals surface area contributed by atoms with Crippen LogP contribution < -0.4 is 0 Å². The molecule has 1 aromatic carbocycles. The molecule has 98 valence electrons. The van der Waals surface area contributed by atoms with Gasteiger partial charge in [0, 0.05) is 17.2 Å². The van der Waals surface area contributed by atoms with Gasteiger partial charge in [-0.15, -0.1) is 11.8 Å². The van der Waals surface area contributed by atoms with Gasteiger partial charge in [-0.2, -0.15) is 10.2 Å². The number of nitriles is 1. The molecule has 0 spiro atoms. The van der Waals surface area contributed by atoms with E-state index in [0.29, 0.717) is 23.9 Å². The minimum Gasteiger partial charge on any atom is -0.339 e. The van der Waals surface area contributed by atoms with Crippen LogP contribution in [0.2, 0.25) is 0 Å². The number of aromatic nitrogens is 2. The lowest BCUT2D eigenvalue weighted by Gasteiger charge is -2.00. The summed E-state index contributed by atoms with van der Waals surface area (Å²) in [5, 5.41) is 12.5. The van der Waals surface area contributed by atoms with Crippen molar-refractivity contribution in [3.63, 3.8) is 0 Å². The summed E-state index contributed by atoms with van der Waals surface area (Å²) >= 11 is 1.68. The molecule has 0 saturated carbocycles. The zero-order chi connectivity index (χ0) is 13.5. The Hall–Kier alpha value is -1.80. The molecule has 1 aromatic heterocycles. The van der Waals surface area contributed by atoms with Crippen molar-refractivity contribution in [3.05, 3.63) is 42.0 Å². The average molecular weight is 273 g/mol. The largest absolute Gasteiger partial charge is 0.339 e. The van der Waals surface area contributed by atoms with Gasteiger partial charge in [-0.1, -0.05) is 30.3 Å². The van der Waals surface area contributed by atoms with Crippen LogP contribution in [0.25, 0.3) is 0 Å². The van der Waals surface area contributed by atoms with Crippen LogP contribution in [0.1, 0.15) is 37.4 Å². The molecule has 19 heavy (non-hydrogen) atoms. The summed E-state index contributed by atoms with van der Waals surface area (Å²) < 4.78 is 5.23. The second-order valence-corrected chi connectivity index (χ2v) is 5.30. The molecule has 0 aliphatic rings. The van der Waals surface area contributed by atoms with E-state index in [1.165, 1.54) is 4.90 Å². The van der Waals surface area contributed by atoms with Gasteiger partial charge in [0.15, 0.2) is 5.82 Å². The Bertz CT molecular complexity index is 547. The van der Waals surface area contributed by atoms with Crippen LogP contribution in [-0.2, 0) is 5.75 Å². The maximum Gasteiger partial charge on any atom is 0.229 e. The molecule has 2 aromatic rings. The number of benzene rings is 1. The normalized spacial score (nSPS) is 12.0. The van der Waals surface area contributed by atoms with Crippen LogP contribution in [0.4, 0.5) is 0 Å². The number of thioether (sulfide) groups is 1. The Kier molecular flexibility index (Phi) is 4.99. The first kappa shape index (κ1) is 13.6. The molecule has 1 heterocycles. The zero-order valence-electron chi connectivity index (χ0n) is 10.7. The molecule has 1 unspecified atom stereocenters. The first-order valence-electron chi connectivity index (χ1n) is 6.17. The molecule has 0 amide bonds. The fraction of sp³-hybridized carbons (Fsp3) is 0.357. The van der Waals surface area contributed by atoms with E-state index >= 15 is 0 Å². The average Bonchev–Trinajstić information content (AvgIpc) is 2.92. The van der Waals surface area contributed by atoms with Gasteiger partial charge in [-0.3, -0.25) is 0 Å². The highest BCUT2D eigenvalue weighted by Crippen LogP contribution is 2.23. The topological polar surface area (TPSA) is 62.7 Å². The number of nitrogens with zero attached hydrogens (tertiary/aromatic N) is 3. The molecule has 0 fully saturated rings. The second-order valence-electron chi connectivity index (χ2n) is 4.25. The fourth-order valence-electron chi connectivity index (χ4n) is 1.60. The highest BCUT2D eigenvalue weighted by Gasteiger charge is 2.14. The van der Waals surface area contributed by atoms with E-state index in [2.05, 4.69) is 28.3 Å². The predicted octanol–water partition coefficient (Wildman–Crippen LogP) is 3.77. The molecule has 0 N–H and O–H groups in total. The van der Waals surface area contributed by atoms with Crippen molar-refractivity contribution in [2.24, 2.45) is 0 Å². The molecular weight excluding hydrogens is 258 g/mol. The minimum absolute atomic E-state index is 0.141. The van der Waals surface area contributed by atoms with E-state index in [1.54, 1.807) is 11.8 Å². The van der Waals surface area contributed by atoms with Crippen molar-refractivity contribution in [3.8, 4) is 6.07 Å². The van der Waals surface area contributed by atoms with E-state index in [4.69, 9.17) is 9.78 Å². The smallest absolute Gasteiger partial charge is 0.229 e. The number of hydrogen-bond donors (Lipinski definition) is 0. The lowest BCUT2D eigenvalue weighted by molar-refractivity contribution is 0.351. The number of hydrogen-bond acceptors (Lipinski definition) is 5. The van der Waals surface area contributed by atoms with Crippen molar-refractivity contribution >= 4 is 11.8 Å². The summed E-state index contributed by atoms with van der Waals surface area (Å²) in [7, 11) is 0. The molecule has 0 aliphatic carbocycles. The van der Waals surface area contributed by atoms with E-state index in [1.807, 2.05) is 25.1 Å². The fourth-order valence-corrected chi connectivity index (χ4v) is 2.36. The van der Waals surface area contributed by atoms with Crippen LogP contribution in [0, 0.1) is 11.3 Å². The quantitative estimate of drug-likeness (QED) is 0.750. The van der Waals surface area contributed by atoms with Gasteiger partial charge in [0.25, 0.3) is 0 Å². The second kappa shape index (κ2) is 6.95. The van der Waals surface area contributed by atoms with Crippen LogP contribution in [0.3, 0.4) is 0 Å². The number of rotatable bonds is 6. The highest BCUT2D eigenvalue weighted by molar-refractivity contribution is 7.98. The maximum atomic E-state index is 8.56. The lowest BCUT2D eigenvalue weighted by Crippen LogP contribution is -1.94.